The van der Waals surface area contributed by atoms with E-state index in [0.29, 0.717) is 30.4 Å². The quantitative estimate of drug-likeness (QED) is 0.766. The van der Waals surface area contributed by atoms with Crippen molar-refractivity contribution >= 4 is 17.8 Å². The van der Waals surface area contributed by atoms with Crippen LogP contribution >= 0.6 is 0 Å². The summed E-state index contributed by atoms with van der Waals surface area (Å²) in [5.41, 5.74) is 0. The number of fused-ring (bicyclic) bond motifs is 2. The van der Waals surface area contributed by atoms with Gasteiger partial charge in [-0.05, 0) is 38.0 Å². The van der Waals surface area contributed by atoms with E-state index in [-0.39, 0.29) is 24.6 Å². The van der Waals surface area contributed by atoms with Crippen LogP contribution in [-0.2, 0) is 20.8 Å². The summed E-state index contributed by atoms with van der Waals surface area (Å²) in [5, 5.41) is 9.89. The Morgan fingerprint density at radius 2 is 2.17 bits per heavy atom. The van der Waals surface area contributed by atoms with Crippen LogP contribution in [0.25, 0.3) is 0 Å². The van der Waals surface area contributed by atoms with Crippen molar-refractivity contribution in [3.8, 4) is 0 Å². The molecule has 4 atom stereocenters. The molecule has 8 nitrogen and oxygen atoms in total. The van der Waals surface area contributed by atoms with E-state index in [2.05, 4.69) is 15.7 Å². The van der Waals surface area contributed by atoms with Crippen molar-refractivity contribution in [3.05, 3.63) is 12.3 Å². The highest BCUT2D eigenvalue weighted by Crippen LogP contribution is 2.45. The average molecular weight is 336 g/mol. The molecule has 2 fully saturated rings. The molecule has 0 aliphatic heterocycles. The Labute approximate surface area is 140 Å². The normalized spacial score (nSPS) is 27.9. The van der Waals surface area contributed by atoms with Gasteiger partial charge in [0.25, 0.3) is 0 Å². The molecule has 0 saturated heterocycles. The van der Waals surface area contributed by atoms with Crippen LogP contribution in [0.5, 0.6) is 0 Å². The molecule has 1 aromatic heterocycles. The highest BCUT2D eigenvalue weighted by Gasteiger charge is 2.46. The van der Waals surface area contributed by atoms with Gasteiger partial charge in [-0.25, -0.2) is 4.79 Å². The van der Waals surface area contributed by atoms with Gasteiger partial charge in [0.15, 0.2) is 5.82 Å². The molecule has 1 aromatic rings. The zero-order valence-electron chi connectivity index (χ0n) is 14.0. The van der Waals surface area contributed by atoms with E-state index < -0.39 is 0 Å². The molecule has 0 aromatic carbocycles. The van der Waals surface area contributed by atoms with Crippen molar-refractivity contribution in [1.82, 2.24) is 15.1 Å². The maximum atomic E-state index is 12.1. The predicted molar refractivity (Wildman–Crippen MR) is 86.4 cm³/mol. The van der Waals surface area contributed by atoms with Crippen molar-refractivity contribution in [2.75, 3.05) is 19.0 Å². The van der Waals surface area contributed by atoms with Crippen LogP contribution < -0.4 is 10.6 Å². The highest BCUT2D eigenvalue weighted by atomic mass is 16.5. The third-order valence-corrected chi connectivity index (χ3v) is 4.89. The molecule has 4 unspecified atom stereocenters. The number of esters is 1. The summed E-state index contributed by atoms with van der Waals surface area (Å²) in [7, 11) is 1.76. The van der Waals surface area contributed by atoms with Gasteiger partial charge in [0.05, 0.1) is 12.7 Å². The number of carbonyl (C=O) groups excluding carboxylic acids is 2. The molecule has 0 spiro atoms. The van der Waals surface area contributed by atoms with E-state index in [4.69, 9.17) is 9.47 Å². The lowest BCUT2D eigenvalue weighted by atomic mass is 9.93. The Morgan fingerprint density at radius 3 is 2.83 bits per heavy atom. The van der Waals surface area contributed by atoms with E-state index in [1.807, 2.05) is 0 Å². The molecule has 24 heavy (non-hydrogen) atoms. The molecule has 1 heterocycles. The molecule has 3 rings (SSSR count). The summed E-state index contributed by atoms with van der Waals surface area (Å²) < 4.78 is 11.8. The van der Waals surface area contributed by atoms with Crippen molar-refractivity contribution < 1.29 is 19.1 Å². The van der Waals surface area contributed by atoms with Crippen molar-refractivity contribution in [2.24, 2.45) is 11.8 Å². The number of methoxy groups -OCH3 is 1. The van der Waals surface area contributed by atoms with E-state index in [1.54, 1.807) is 26.3 Å². The van der Waals surface area contributed by atoms with Crippen LogP contribution in [0.15, 0.2) is 12.3 Å². The number of urea groups is 1. The second-order valence-corrected chi connectivity index (χ2v) is 6.41. The summed E-state index contributed by atoms with van der Waals surface area (Å²) in [6, 6.07) is 1.59. The minimum absolute atomic E-state index is 0.0297. The summed E-state index contributed by atoms with van der Waals surface area (Å²) in [4.78, 5) is 23.5. The molecule has 2 N–H and O–H groups in total. The lowest BCUT2D eigenvalue weighted by Gasteiger charge is -2.27. The van der Waals surface area contributed by atoms with Crippen LogP contribution in [0.4, 0.5) is 10.6 Å². The fourth-order valence-electron chi connectivity index (χ4n) is 3.86. The number of ether oxygens (including phenoxy) is 2. The maximum absolute atomic E-state index is 12.1. The molecule has 2 aliphatic carbocycles. The van der Waals surface area contributed by atoms with Crippen LogP contribution in [0.2, 0.25) is 0 Å². The summed E-state index contributed by atoms with van der Waals surface area (Å²) in [6.07, 6.45) is 5.08. The summed E-state index contributed by atoms with van der Waals surface area (Å²) >= 11 is 0. The van der Waals surface area contributed by atoms with Gasteiger partial charge in [0.1, 0.15) is 6.54 Å². The van der Waals surface area contributed by atoms with E-state index in [1.165, 1.54) is 4.68 Å². The molecule has 2 bridgehead atoms. The molecule has 2 saturated carbocycles. The van der Waals surface area contributed by atoms with Gasteiger partial charge >= 0.3 is 12.0 Å². The molecule has 0 radical (unpaired) electrons. The van der Waals surface area contributed by atoms with Crippen LogP contribution in [0.1, 0.15) is 26.2 Å². The molecule has 2 amide bonds. The second-order valence-electron chi connectivity index (χ2n) is 6.41. The Morgan fingerprint density at radius 1 is 1.33 bits per heavy atom. The number of nitrogens with zero attached hydrogens (tertiary/aromatic N) is 2. The fourth-order valence-corrected chi connectivity index (χ4v) is 3.86. The zero-order valence-corrected chi connectivity index (χ0v) is 14.0. The number of aromatic nitrogens is 2. The maximum Gasteiger partial charge on any atom is 0.327 e. The number of anilines is 1. The molecular formula is C16H24N4O4. The standard InChI is InChI=1S/C16H24N4O4/c1-3-24-15(21)9-20-5-4-14(19-20)18-16(22)17-12-7-11-6-10(12)8-13(11)23-2/h4-5,10-13H,3,6-9H2,1-2H3,(H2,17,18,19,22). The van der Waals surface area contributed by atoms with E-state index >= 15 is 0 Å². The number of carbonyl (C=O) groups is 2. The van der Waals surface area contributed by atoms with Gasteiger partial charge in [0.2, 0.25) is 0 Å². The minimum Gasteiger partial charge on any atom is -0.465 e. The van der Waals surface area contributed by atoms with Gasteiger partial charge < -0.3 is 14.8 Å². The number of hydrogen-bond donors (Lipinski definition) is 2. The van der Waals surface area contributed by atoms with E-state index in [0.717, 1.165) is 19.3 Å². The first-order chi connectivity index (χ1) is 11.6. The average Bonchev–Trinajstić information content (AvgIpc) is 3.23. The fraction of sp³-hybridized carbons (Fsp3) is 0.688. The largest absolute Gasteiger partial charge is 0.465 e. The first-order valence-electron chi connectivity index (χ1n) is 8.38. The second kappa shape index (κ2) is 7.21. The summed E-state index contributed by atoms with van der Waals surface area (Å²) in [5.74, 6) is 1.10. The molecule has 2 aliphatic rings. The monoisotopic (exact) mass is 336 g/mol. The zero-order chi connectivity index (χ0) is 17.1. The Kier molecular flexibility index (Phi) is 5.03. The third-order valence-electron chi connectivity index (χ3n) is 4.89. The van der Waals surface area contributed by atoms with Gasteiger partial charge in [-0.2, -0.15) is 5.10 Å². The smallest absolute Gasteiger partial charge is 0.327 e. The van der Waals surface area contributed by atoms with Crippen molar-refractivity contribution in [1.29, 1.82) is 0 Å². The van der Waals surface area contributed by atoms with Crippen molar-refractivity contribution in [3.63, 3.8) is 0 Å². The Hall–Kier alpha value is -2.09. The molecule has 8 heteroatoms. The van der Waals surface area contributed by atoms with Crippen LogP contribution in [-0.4, -0.2) is 47.6 Å². The first-order valence-corrected chi connectivity index (χ1v) is 8.38. The number of rotatable bonds is 6. The first kappa shape index (κ1) is 16.8. The Bertz CT molecular complexity index is 603. The topological polar surface area (TPSA) is 94.5 Å². The van der Waals surface area contributed by atoms with Gasteiger partial charge in [-0.1, -0.05) is 0 Å². The lowest BCUT2D eigenvalue weighted by Crippen LogP contribution is -2.43. The highest BCUT2D eigenvalue weighted by molar-refractivity contribution is 5.88. The van der Waals surface area contributed by atoms with Crippen molar-refractivity contribution in [2.45, 2.75) is 44.9 Å². The van der Waals surface area contributed by atoms with Gasteiger partial charge in [-0.15, -0.1) is 0 Å². The van der Waals surface area contributed by atoms with E-state index in [9.17, 15) is 9.59 Å². The van der Waals surface area contributed by atoms with Gasteiger partial charge in [0, 0.05) is 25.4 Å². The minimum atomic E-state index is -0.355. The van der Waals surface area contributed by atoms with Gasteiger partial charge in [-0.3, -0.25) is 14.8 Å². The number of hydrogen-bond acceptors (Lipinski definition) is 5. The van der Waals surface area contributed by atoms with Crippen LogP contribution in [0, 0.1) is 11.8 Å². The Balaban J connectivity index is 1.46. The predicted octanol–water partition coefficient (Wildman–Crippen LogP) is 1.38. The third kappa shape index (κ3) is 3.69. The number of nitrogens with one attached hydrogen (secondary N) is 2. The SMILES string of the molecule is CCOC(=O)Cn1ccc(NC(=O)NC2CC3CC2CC3OC)n1. The van der Waals surface area contributed by atoms with Crippen LogP contribution in [0.3, 0.4) is 0 Å². The molecular weight excluding hydrogens is 312 g/mol. The summed E-state index contributed by atoms with van der Waals surface area (Å²) in [6.45, 7) is 2.12. The lowest BCUT2D eigenvalue weighted by molar-refractivity contribution is -0.144. The number of amides is 2. The molecule has 132 valence electrons.